The van der Waals surface area contributed by atoms with E-state index in [1.165, 1.54) is 8.61 Å². The Hall–Kier alpha value is -1.06. The van der Waals surface area contributed by atoms with Gasteiger partial charge in [0, 0.05) is 46.0 Å². The summed E-state index contributed by atoms with van der Waals surface area (Å²) in [6.07, 6.45) is 1.67. The molecule has 0 amide bonds. The highest BCUT2D eigenvalue weighted by atomic mass is 32.2. The minimum absolute atomic E-state index is 0.260. The van der Waals surface area contributed by atoms with Gasteiger partial charge in [-0.25, -0.2) is 0 Å². The number of piperazine rings is 1. The van der Waals surface area contributed by atoms with Crippen LogP contribution in [0.25, 0.3) is 0 Å². The molecule has 0 atom stereocenters. The van der Waals surface area contributed by atoms with E-state index in [-0.39, 0.29) is 6.54 Å². The number of methoxy groups -OCH3 is 1. The molecule has 0 unspecified atom stereocenters. The van der Waals surface area contributed by atoms with Gasteiger partial charge in [-0.3, -0.25) is 4.98 Å². The van der Waals surface area contributed by atoms with Crippen LogP contribution < -0.4 is 5.32 Å². The van der Waals surface area contributed by atoms with Gasteiger partial charge in [-0.1, -0.05) is 6.07 Å². The molecule has 0 aromatic carbocycles. The van der Waals surface area contributed by atoms with Crippen LogP contribution >= 0.6 is 0 Å². The van der Waals surface area contributed by atoms with Crippen molar-refractivity contribution in [1.82, 2.24) is 18.9 Å². The fraction of sp³-hybridized carbons (Fsp3) is 0.615. The first-order valence-corrected chi connectivity index (χ1v) is 8.39. The Morgan fingerprint density at radius 3 is 2.76 bits per heavy atom. The van der Waals surface area contributed by atoms with Crippen molar-refractivity contribution in [2.24, 2.45) is 0 Å². The molecule has 0 aliphatic carbocycles. The maximum Gasteiger partial charge on any atom is 0.282 e. The van der Waals surface area contributed by atoms with Gasteiger partial charge in [0.2, 0.25) is 0 Å². The molecule has 1 aliphatic rings. The molecule has 8 heteroatoms. The highest BCUT2D eigenvalue weighted by Gasteiger charge is 2.30. The second-order valence-corrected chi connectivity index (χ2v) is 6.73. The molecule has 118 valence electrons. The molecule has 1 aromatic heterocycles. The van der Waals surface area contributed by atoms with Crippen LogP contribution in [0.5, 0.6) is 0 Å². The predicted octanol–water partition coefficient (Wildman–Crippen LogP) is -0.320. The van der Waals surface area contributed by atoms with Gasteiger partial charge in [0.15, 0.2) is 0 Å². The minimum atomic E-state index is -3.49. The lowest BCUT2D eigenvalue weighted by molar-refractivity contribution is 0.173. The molecule has 0 bridgehead atoms. The van der Waals surface area contributed by atoms with E-state index in [1.807, 2.05) is 18.2 Å². The Bertz CT molecular complexity index is 517. The van der Waals surface area contributed by atoms with Crippen molar-refractivity contribution in [3.63, 3.8) is 0 Å². The van der Waals surface area contributed by atoms with Crippen LogP contribution in [-0.2, 0) is 21.5 Å². The quantitative estimate of drug-likeness (QED) is 0.746. The van der Waals surface area contributed by atoms with Crippen LogP contribution in [0.2, 0.25) is 0 Å². The highest BCUT2D eigenvalue weighted by Crippen LogP contribution is 2.13. The highest BCUT2D eigenvalue weighted by molar-refractivity contribution is 7.86. The van der Waals surface area contributed by atoms with Crippen molar-refractivity contribution in [1.29, 1.82) is 0 Å². The van der Waals surface area contributed by atoms with Gasteiger partial charge in [0.25, 0.3) is 10.2 Å². The van der Waals surface area contributed by atoms with E-state index in [1.54, 1.807) is 13.3 Å². The summed E-state index contributed by atoms with van der Waals surface area (Å²) in [5.74, 6) is 0. The fourth-order valence-corrected chi connectivity index (χ4v) is 3.75. The number of rotatable bonds is 7. The molecular weight excluding hydrogens is 292 g/mol. The Kier molecular flexibility index (Phi) is 6.07. The molecule has 7 nitrogen and oxygen atoms in total. The zero-order valence-electron chi connectivity index (χ0n) is 12.2. The first-order chi connectivity index (χ1) is 10.1. The van der Waals surface area contributed by atoms with E-state index in [9.17, 15) is 8.42 Å². The van der Waals surface area contributed by atoms with Crippen molar-refractivity contribution in [2.75, 3.05) is 46.4 Å². The molecule has 2 heterocycles. The maximum atomic E-state index is 12.7. The molecule has 1 fully saturated rings. The molecule has 2 rings (SSSR count). The van der Waals surface area contributed by atoms with Gasteiger partial charge in [0.1, 0.15) is 0 Å². The van der Waals surface area contributed by atoms with Crippen molar-refractivity contribution in [3.8, 4) is 0 Å². The van der Waals surface area contributed by atoms with Crippen molar-refractivity contribution in [2.45, 2.75) is 6.54 Å². The molecule has 1 aromatic rings. The zero-order chi connectivity index (χ0) is 15.1. The second-order valence-electron chi connectivity index (χ2n) is 4.80. The zero-order valence-corrected chi connectivity index (χ0v) is 13.1. The molecule has 0 spiro atoms. The Balaban J connectivity index is 2.13. The topological polar surface area (TPSA) is 74.8 Å². The molecule has 1 N–H and O–H groups in total. The number of ether oxygens (including phenoxy) is 1. The van der Waals surface area contributed by atoms with E-state index in [0.717, 1.165) is 5.69 Å². The number of aromatic nitrogens is 1. The summed E-state index contributed by atoms with van der Waals surface area (Å²) in [5.41, 5.74) is 0.729. The number of hydrogen-bond acceptors (Lipinski definition) is 5. The molecule has 1 saturated heterocycles. The Labute approximate surface area is 126 Å². The second kappa shape index (κ2) is 7.81. The Morgan fingerprint density at radius 2 is 2.14 bits per heavy atom. The standard InChI is InChI=1S/C13H22N4O3S/c1-20-11-10-17(12-13-4-2-3-5-15-13)21(18,19)16-8-6-14-7-9-16/h2-5,14H,6-12H2,1H3. The summed E-state index contributed by atoms with van der Waals surface area (Å²) in [5, 5.41) is 3.16. The third kappa shape index (κ3) is 4.45. The third-order valence-electron chi connectivity index (χ3n) is 3.34. The van der Waals surface area contributed by atoms with Crippen molar-refractivity contribution >= 4 is 10.2 Å². The average molecular weight is 314 g/mol. The minimum Gasteiger partial charge on any atom is -0.383 e. The largest absolute Gasteiger partial charge is 0.383 e. The number of nitrogens with zero attached hydrogens (tertiary/aromatic N) is 3. The molecule has 0 saturated carbocycles. The van der Waals surface area contributed by atoms with E-state index in [0.29, 0.717) is 39.3 Å². The summed E-state index contributed by atoms with van der Waals surface area (Å²) in [6, 6.07) is 5.50. The maximum absolute atomic E-state index is 12.7. The lowest BCUT2D eigenvalue weighted by Gasteiger charge is -2.32. The van der Waals surface area contributed by atoms with Crippen molar-refractivity contribution in [3.05, 3.63) is 30.1 Å². The third-order valence-corrected chi connectivity index (χ3v) is 5.32. The van der Waals surface area contributed by atoms with E-state index in [4.69, 9.17) is 4.74 Å². The van der Waals surface area contributed by atoms with Crippen LogP contribution in [0.4, 0.5) is 0 Å². The SMILES string of the molecule is COCCN(Cc1ccccn1)S(=O)(=O)N1CCNCC1. The Morgan fingerprint density at radius 1 is 1.38 bits per heavy atom. The van der Waals surface area contributed by atoms with Gasteiger partial charge in [-0.15, -0.1) is 0 Å². The van der Waals surface area contributed by atoms with Gasteiger partial charge in [-0.05, 0) is 12.1 Å². The number of nitrogens with one attached hydrogen (secondary N) is 1. The van der Waals surface area contributed by atoms with Crippen molar-refractivity contribution < 1.29 is 13.2 Å². The molecule has 0 radical (unpaired) electrons. The smallest absolute Gasteiger partial charge is 0.282 e. The number of pyridine rings is 1. The van der Waals surface area contributed by atoms with Crippen LogP contribution in [0.15, 0.2) is 24.4 Å². The predicted molar refractivity (Wildman–Crippen MR) is 79.9 cm³/mol. The summed E-state index contributed by atoms with van der Waals surface area (Å²) < 4.78 is 33.5. The van der Waals surface area contributed by atoms with Gasteiger partial charge < -0.3 is 10.1 Å². The monoisotopic (exact) mass is 314 g/mol. The lowest BCUT2D eigenvalue weighted by Crippen LogP contribution is -2.52. The van der Waals surface area contributed by atoms with Crippen LogP contribution in [-0.4, -0.2) is 68.5 Å². The van der Waals surface area contributed by atoms with Crippen LogP contribution in [0, 0.1) is 0 Å². The van der Waals surface area contributed by atoms with Gasteiger partial charge in [-0.2, -0.15) is 17.0 Å². The van der Waals surface area contributed by atoms with Crippen LogP contribution in [0.1, 0.15) is 5.69 Å². The van der Waals surface area contributed by atoms with E-state index < -0.39 is 10.2 Å². The average Bonchev–Trinajstić information content (AvgIpc) is 2.53. The summed E-state index contributed by atoms with van der Waals surface area (Å²) >= 11 is 0. The van der Waals surface area contributed by atoms with Gasteiger partial charge in [0.05, 0.1) is 18.8 Å². The summed E-state index contributed by atoms with van der Waals surface area (Å²) in [7, 11) is -1.92. The van der Waals surface area contributed by atoms with Crippen LogP contribution in [0.3, 0.4) is 0 Å². The van der Waals surface area contributed by atoms with E-state index in [2.05, 4.69) is 10.3 Å². The molecule has 1 aliphatic heterocycles. The van der Waals surface area contributed by atoms with E-state index >= 15 is 0 Å². The summed E-state index contributed by atoms with van der Waals surface area (Å²) in [4.78, 5) is 4.21. The fourth-order valence-electron chi connectivity index (χ4n) is 2.18. The molecular formula is C13H22N4O3S. The first-order valence-electron chi connectivity index (χ1n) is 6.99. The number of hydrogen-bond donors (Lipinski definition) is 1. The lowest BCUT2D eigenvalue weighted by atomic mass is 10.3. The first kappa shape index (κ1) is 16.3. The normalized spacial score (nSPS) is 17.2. The molecule has 21 heavy (non-hydrogen) atoms. The van der Waals surface area contributed by atoms with Gasteiger partial charge >= 0.3 is 0 Å². The summed E-state index contributed by atoms with van der Waals surface area (Å²) in [6.45, 7) is 3.29.